The lowest BCUT2D eigenvalue weighted by molar-refractivity contribution is -0.134. The summed E-state index contributed by atoms with van der Waals surface area (Å²) in [5, 5.41) is 0. The molecule has 1 saturated heterocycles. The normalized spacial score (nSPS) is 14.6. The second-order valence-electron chi connectivity index (χ2n) is 5.59. The van der Waals surface area contributed by atoms with Gasteiger partial charge in [0, 0.05) is 18.7 Å². The maximum Gasteiger partial charge on any atom is 0.260 e. The Kier molecular flexibility index (Phi) is 4.74. The van der Waals surface area contributed by atoms with Crippen LogP contribution in [0.1, 0.15) is 19.3 Å². The number of benzene rings is 2. The van der Waals surface area contributed by atoms with E-state index in [0.29, 0.717) is 0 Å². The SMILES string of the molecule is O=C(COc1ccccc1-c1ccccc1)N1CCCCC1. The van der Waals surface area contributed by atoms with E-state index in [0.717, 1.165) is 42.8 Å². The molecule has 1 aliphatic rings. The molecule has 2 aromatic carbocycles. The maximum absolute atomic E-state index is 12.2. The van der Waals surface area contributed by atoms with Crippen molar-refractivity contribution in [1.82, 2.24) is 4.90 Å². The monoisotopic (exact) mass is 295 g/mol. The van der Waals surface area contributed by atoms with Gasteiger partial charge in [-0.2, -0.15) is 0 Å². The Labute approximate surface area is 131 Å². The zero-order chi connectivity index (χ0) is 15.2. The minimum atomic E-state index is 0.0857. The van der Waals surface area contributed by atoms with Crippen LogP contribution in [0.25, 0.3) is 11.1 Å². The third-order valence-corrected chi connectivity index (χ3v) is 4.03. The molecule has 0 atom stereocenters. The summed E-state index contributed by atoms with van der Waals surface area (Å²) < 4.78 is 5.82. The third-order valence-electron chi connectivity index (χ3n) is 4.03. The number of hydrogen-bond donors (Lipinski definition) is 0. The molecule has 1 amide bonds. The quantitative estimate of drug-likeness (QED) is 0.860. The first-order valence-corrected chi connectivity index (χ1v) is 7.89. The van der Waals surface area contributed by atoms with Crippen molar-refractivity contribution in [2.24, 2.45) is 0 Å². The molecule has 0 unspecified atom stereocenters. The van der Waals surface area contributed by atoms with E-state index >= 15 is 0 Å². The van der Waals surface area contributed by atoms with Gasteiger partial charge >= 0.3 is 0 Å². The molecule has 2 aromatic rings. The van der Waals surface area contributed by atoms with Crippen LogP contribution in [0.4, 0.5) is 0 Å². The van der Waals surface area contributed by atoms with Crippen molar-refractivity contribution in [1.29, 1.82) is 0 Å². The molecule has 3 rings (SSSR count). The van der Waals surface area contributed by atoms with Crippen LogP contribution >= 0.6 is 0 Å². The Morgan fingerprint density at radius 1 is 0.909 bits per heavy atom. The number of carbonyl (C=O) groups excluding carboxylic acids is 1. The standard InChI is InChI=1S/C19H21NO2/c21-19(20-13-7-2-8-14-20)15-22-18-12-6-5-11-17(18)16-9-3-1-4-10-16/h1,3-6,9-12H,2,7-8,13-15H2. The van der Waals surface area contributed by atoms with Crippen molar-refractivity contribution in [2.75, 3.05) is 19.7 Å². The number of hydrogen-bond acceptors (Lipinski definition) is 2. The van der Waals surface area contributed by atoms with E-state index in [9.17, 15) is 4.79 Å². The molecule has 114 valence electrons. The first-order valence-electron chi connectivity index (χ1n) is 7.89. The van der Waals surface area contributed by atoms with Crippen LogP contribution in [0.5, 0.6) is 5.75 Å². The van der Waals surface area contributed by atoms with Crippen molar-refractivity contribution in [3.63, 3.8) is 0 Å². The summed E-state index contributed by atoms with van der Waals surface area (Å²) >= 11 is 0. The summed E-state index contributed by atoms with van der Waals surface area (Å²) in [4.78, 5) is 14.1. The molecule has 3 nitrogen and oxygen atoms in total. The van der Waals surface area contributed by atoms with Crippen LogP contribution in [-0.4, -0.2) is 30.5 Å². The van der Waals surface area contributed by atoms with E-state index < -0.39 is 0 Å². The fourth-order valence-electron chi connectivity index (χ4n) is 2.82. The number of amides is 1. The fraction of sp³-hybridized carbons (Fsp3) is 0.316. The van der Waals surface area contributed by atoms with Gasteiger partial charge in [-0.15, -0.1) is 0 Å². The van der Waals surface area contributed by atoms with E-state index in [4.69, 9.17) is 4.74 Å². The fourth-order valence-corrected chi connectivity index (χ4v) is 2.82. The Hall–Kier alpha value is -2.29. The minimum absolute atomic E-state index is 0.0857. The number of carbonyl (C=O) groups is 1. The van der Waals surface area contributed by atoms with Crippen molar-refractivity contribution in [3.05, 3.63) is 54.6 Å². The van der Waals surface area contributed by atoms with E-state index in [-0.39, 0.29) is 12.5 Å². The molecule has 0 aromatic heterocycles. The van der Waals surface area contributed by atoms with Crippen molar-refractivity contribution < 1.29 is 9.53 Å². The molecule has 0 N–H and O–H groups in total. The summed E-state index contributed by atoms with van der Waals surface area (Å²) in [6.45, 7) is 1.84. The second-order valence-corrected chi connectivity index (χ2v) is 5.59. The Balaban J connectivity index is 1.69. The second kappa shape index (κ2) is 7.12. The van der Waals surface area contributed by atoms with Gasteiger partial charge in [0.1, 0.15) is 5.75 Å². The number of nitrogens with zero attached hydrogens (tertiary/aromatic N) is 1. The van der Waals surface area contributed by atoms with Crippen LogP contribution in [0.15, 0.2) is 54.6 Å². The van der Waals surface area contributed by atoms with E-state index in [1.165, 1.54) is 6.42 Å². The van der Waals surface area contributed by atoms with Crippen LogP contribution in [0, 0.1) is 0 Å². The smallest absolute Gasteiger partial charge is 0.260 e. The minimum Gasteiger partial charge on any atom is -0.483 e. The van der Waals surface area contributed by atoms with Gasteiger partial charge in [-0.05, 0) is 30.9 Å². The number of rotatable bonds is 4. The number of likely N-dealkylation sites (tertiary alicyclic amines) is 1. The van der Waals surface area contributed by atoms with Gasteiger partial charge in [0.2, 0.25) is 0 Å². The first kappa shape index (κ1) is 14.6. The molecular formula is C19H21NO2. The lowest BCUT2D eigenvalue weighted by atomic mass is 10.1. The van der Waals surface area contributed by atoms with E-state index in [1.807, 2.05) is 47.4 Å². The zero-order valence-electron chi connectivity index (χ0n) is 12.7. The number of piperidine rings is 1. The molecule has 1 heterocycles. The third kappa shape index (κ3) is 3.48. The van der Waals surface area contributed by atoms with Crippen molar-refractivity contribution in [2.45, 2.75) is 19.3 Å². The Morgan fingerprint density at radius 2 is 1.59 bits per heavy atom. The van der Waals surface area contributed by atoms with Gasteiger partial charge < -0.3 is 9.64 Å². The maximum atomic E-state index is 12.2. The van der Waals surface area contributed by atoms with Gasteiger partial charge in [0.05, 0.1) is 0 Å². The van der Waals surface area contributed by atoms with Gasteiger partial charge in [0.15, 0.2) is 6.61 Å². The van der Waals surface area contributed by atoms with Gasteiger partial charge in [-0.3, -0.25) is 4.79 Å². The zero-order valence-corrected chi connectivity index (χ0v) is 12.7. The van der Waals surface area contributed by atoms with Gasteiger partial charge in [0.25, 0.3) is 5.91 Å². The predicted octanol–water partition coefficient (Wildman–Crippen LogP) is 3.74. The molecule has 3 heteroatoms. The van der Waals surface area contributed by atoms with Gasteiger partial charge in [-0.1, -0.05) is 48.5 Å². The highest BCUT2D eigenvalue weighted by Crippen LogP contribution is 2.29. The van der Waals surface area contributed by atoms with Crippen LogP contribution in [0.2, 0.25) is 0 Å². The topological polar surface area (TPSA) is 29.5 Å². The largest absolute Gasteiger partial charge is 0.483 e. The highest BCUT2D eigenvalue weighted by atomic mass is 16.5. The number of ether oxygens (including phenoxy) is 1. The molecular weight excluding hydrogens is 274 g/mol. The first-order chi connectivity index (χ1) is 10.8. The molecule has 1 fully saturated rings. The van der Waals surface area contributed by atoms with Crippen molar-refractivity contribution >= 4 is 5.91 Å². The van der Waals surface area contributed by atoms with E-state index in [1.54, 1.807) is 0 Å². The lowest BCUT2D eigenvalue weighted by Gasteiger charge is -2.26. The summed E-state index contributed by atoms with van der Waals surface area (Å²) in [6, 6.07) is 18.0. The summed E-state index contributed by atoms with van der Waals surface area (Å²) in [7, 11) is 0. The molecule has 0 spiro atoms. The lowest BCUT2D eigenvalue weighted by Crippen LogP contribution is -2.38. The number of para-hydroxylation sites is 1. The van der Waals surface area contributed by atoms with Crippen molar-refractivity contribution in [3.8, 4) is 16.9 Å². The molecule has 0 saturated carbocycles. The van der Waals surface area contributed by atoms with Crippen LogP contribution in [-0.2, 0) is 4.79 Å². The summed E-state index contributed by atoms with van der Waals surface area (Å²) in [5.41, 5.74) is 2.12. The molecule has 0 bridgehead atoms. The summed E-state index contributed by atoms with van der Waals surface area (Å²) in [6.07, 6.45) is 3.43. The van der Waals surface area contributed by atoms with Crippen LogP contribution < -0.4 is 4.74 Å². The molecule has 1 aliphatic heterocycles. The highest BCUT2D eigenvalue weighted by Gasteiger charge is 2.17. The highest BCUT2D eigenvalue weighted by molar-refractivity contribution is 5.78. The molecule has 0 aliphatic carbocycles. The molecule has 0 radical (unpaired) electrons. The van der Waals surface area contributed by atoms with Gasteiger partial charge in [-0.25, -0.2) is 0 Å². The Bertz CT molecular complexity index is 618. The predicted molar refractivity (Wildman–Crippen MR) is 87.8 cm³/mol. The molecule has 22 heavy (non-hydrogen) atoms. The Morgan fingerprint density at radius 3 is 2.36 bits per heavy atom. The van der Waals surface area contributed by atoms with E-state index in [2.05, 4.69) is 12.1 Å². The average Bonchev–Trinajstić information content (AvgIpc) is 2.61. The van der Waals surface area contributed by atoms with Crippen LogP contribution in [0.3, 0.4) is 0 Å². The summed E-state index contributed by atoms with van der Waals surface area (Å²) in [5.74, 6) is 0.849. The average molecular weight is 295 g/mol.